The maximum Gasteiger partial charge on any atom is 0.0840 e. The molecule has 0 spiro atoms. The molecule has 3 heteroatoms. The summed E-state index contributed by atoms with van der Waals surface area (Å²) in [6.07, 6.45) is 3.66. The van der Waals surface area contributed by atoms with Crippen LogP contribution in [0.3, 0.4) is 0 Å². The number of aromatic nitrogens is 2. The Labute approximate surface area is 62.7 Å². The third-order valence-corrected chi connectivity index (χ3v) is 1.81. The van der Waals surface area contributed by atoms with Crippen LogP contribution in [-0.4, -0.2) is 9.78 Å². The van der Waals surface area contributed by atoms with Crippen LogP contribution in [0.4, 0.5) is 0 Å². The van der Waals surface area contributed by atoms with Crippen LogP contribution in [0.1, 0.15) is 0 Å². The first-order valence-electron chi connectivity index (χ1n) is 2.92. The molecule has 0 bridgehead atoms. The molecular formula is C7H5N2S. The summed E-state index contributed by atoms with van der Waals surface area (Å²) in [5, 5.41) is 9.12. The Bertz CT molecular complexity index is 251. The fraction of sp³-hybridized carbons (Fsp3) is 0. The lowest BCUT2D eigenvalue weighted by atomic mass is 10.5. The van der Waals surface area contributed by atoms with Crippen LogP contribution in [0, 0.1) is 5.38 Å². The Balaban J connectivity index is 2.48. The highest BCUT2D eigenvalue weighted by molar-refractivity contribution is 7.07. The van der Waals surface area contributed by atoms with E-state index < -0.39 is 0 Å². The summed E-state index contributed by atoms with van der Waals surface area (Å²) in [6, 6.07) is 3.88. The molecule has 0 aliphatic heterocycles. The molecule has 0 aliphatic carbocycles. The normalized spacial score (nSPS) is 10.0. The van der Waals surface area contributed by atoms with Crippen LogP contribution < -0.4 is 0 Å². The van der Waals surface area contributed by atoms with E-state index in [1.54, 1.807) is 22.2 Å². The van der Waals surface area contributed by atoms with Gasteiger partial charge in [-0.1, -0.05) is 0 Å². The van der Waals surface area contributed by atoms with Crippen molar-refractivity contribution in [3.63, 3.8) is 0 Å². The van der Waals surface area contributed by atoms with Gasteiger partial charge < -0.3 is 0 Å². The molecule has 2 aromatic heterocycles. The molecule has 0 saturated carbocycles. The first kappa shape index (κ1) is 5.68. The molecule has 2 heterocycles. The lowest BCUT2D eigenvalue weighted by molar-refractivity contribution is 0.884. The molecule has 0 saturated heterocycles. The largest absolute Gasteiger partial charge is 0.239 e. The first-order chi connectivity index (χ1) is 4.97. The van der Waals surface area contributed by atoms with Crippen LogP contribution in [0.2, 0.25) is 0 Å². The second kappa shape index (κ2) is 2.27. The summed E-state index contributed by atoms with van der Waals surface area (Å²) in [6.45, 7) is 0. The summed E-state index contributed by atoms with van der Waals surface area (Å²) in [5.41, 5.74) is 1.01. The molecule has 0 aromatic carbocycles. The molecule has 49 valence electrons. The van der Waals surface area contributed by atoms with E-state index in [0.29, 0.717) is 0 Å². The van der Waals surface area contributed by atoms with E-state index in [1.165, 1.54) is 0 Å². The highest BCUT2D eigenvalue weighted by atomic mass is 32.1. The van der Waals surface area contributed by atoms with Gasteiger partial charge in [0.1, 0.15) is 0 Å². The van der Waals surface area contributed by atoms with Crippen LogP contribution >= 0.6 is 11.3 Å². The fourth-order valence-corrected chi connectivity index (χ4v) is 1.31. The summed E-state index contributed by atoms with van der Waals surface area (Å²) in [5.74, 6) is 0. The lowest BCUT2D eigenvalue weighted by Crippen LogP contribution is -1.89. The Morgan fingerprint density at radius 3 is 3.20 bits per heavy atom. The molecular weight excluding hydrogens is 144 g/mol. The number of thiophene rings is 1. The maximum absolute atomic E-state index is 4.05. The highest BCUT2D eigenvalue weighted by Gasteiger charge is 1.93. The number of rotatable bonds is 1. The molecule has 0 aliphatic rings. The summed E-state index contributed by atoms with van der Waals surface area (Å²) < 4.78 is 1.79. The molecule has 2 nitrogen and oxygen atoms in total. The van der Waals surface area contributed by atoms with Crippen molar-refractivity contribution in [1.29, 1.82) is 0 Å². The van der Waals surface area contributed by atoms with Gasteiger partial charge in [0, 0.05) is 12.4 Å². The average molecular weight is 149 g/mol. The van der Waals surface area contributed by atoms with Crippen molar-refractivity contribution < 1.29 is 0 Å². The zero-order valence-corrected chi connectivity index (χ0v) is 6.01. The number of nitrogens with zero attached hydrogens (tertiary/aromatic N) is 2. The minimum absolute atomic E-state index is 1.01. The Morgan fingerprint density at radius 1 is 1.60 bits per heavy atom. The van der Waals surface area contributed by atoms with Crippen LogP contribution in [0.25, 0.3) is 5.69 Å². The van der Waals surface area contributed by atoms with E-state index >= 15 is 0 Å². The van der Waals surface area contributed by atoms with Crippen LogP contribution in [-0.2, 0) is 0 Å². The van der Waals surface area contributed by atoms with Gasteiger partial charge in [0.2, 0.25) is 0 Å². The van der Waals surface area contributed by atoms with Crippen molar-refractivity contribution in [3.05, 3.63) is 35.3 Å². The highest BCUT2D eigenvalue weighted by Crippen LogP contribution is 2.08. The van der Waals surface area contributed by atoms with Gasteiger partial charge in [-0.15, -0.1) is 11.3 Å². The number of hydrogen-bond acceptors (Lipinski definition) is 2. The summed E-state index contributed by atoms with van der Waals surface area (Å²) in [7, 11) is 0. The molecule has 1 radical (unpaired) electrons. The van der Waals surface area contributed by atoms with Crippen molar-refractivity contribution in [2.75, 3.05) is 0 Å². The Hall–Kier alpha value is -1.09. The maximum atomic E-state index is 4.05. The van der Waals surface area contributed by atoms with Crippen LogP contribution in [0.15, 0.2) is 29.9 Å². The SMILES string of the molecule is [c]1sccc1-n1cccn1. The molecule has 2 aromatic rings. The smallest absolute Gasteiger partial charge is 0.0840 e. The van der Waals surface area contributed by atoms with E-state index in [-0.39, 0.29) is 0 Å². The average Bonchev–Trinajstić information content (AvgIpc) is 2.59. The van der Waals surface area contributed by atoms with Gasteiger partial charge in [-0.3, -0.25) is 0 Å². The topological polar surface area (TPSA) is 17.8 Å². The van der Waals surface area contributed by atoms with Crippen molar-refractivity contribution in [2.45, 2.75) is 0 Å². The van der Waals surface area contributed by atoms with E-state index in [9.17, 15) is 0 Å². The summed E-state index contributed by atoms with van der Waals surface area (Å²) >= 11 is 1.55. The standard InChI is InChI=1S/C7H5N2S/c1-3-8-9(4-1)7-2-5-10-6-7/h1-5H. The Kier molecular flexibility index (Phi) is 1.29. The van der Waals surface area contributed by atoms with Gasteiger partial charge in [0.05, 0.1) is 11.1 Å². The second-order valence-electron chi connectivity index (χ2n) is 1.86. The molecule has 0 fully saturated rings. The minimum atomic E-state index is 1.01. The molecule has 10 heavy (non-hydrogen) atoms. The van der Waals surface area contributed by atoms with Crippen LogP contribution in [0.5, 0.6) is 0 Å². The monoisotopic (exact) mass is 149 g/mol. The first-order valence-corrected chi connectivity index (χ1v) is 3.80. The van der Waals surface area contributed by atoms with E-state index in [4.69, 9.17) is 0 Å². The quantitative estimate of drug-likeness (QED) is 0.603. The zero-order chi connectivity index (χ0) is 6.81. The van der Waals surface area contributed by atoms with Gasteiger partial charge in [0.15, 0.2) is 0 Å². The van der Waals surface area contributed by atoms with E-state index in [0.717, 1.165) is 5.69 Å². The number of hydrogen-bond donors (Lipinski definition) is 0. The van der Waals surface area contributed by atoms with Gasteiger partial charge >= 0.3 is 0 Å². The van der Waals surface area contributed by atoms with Crippen molar-refractivity contribution in [2.24, 2.45) is 0 Å². The summed E-state index contributed by atoms with van der Waals surface area (Å²) in [4.78, 5) is 0. The van der Waals surface area contributed by atoms with Gasteiger partial charge in [0.25, 0.3) is 0 Å². The second-order valence-corrected chi connectivity index (χ2v) is 2.57. The molecule has 0 unspecified atom stereocenters. The predicted molar refractivity (Wildman–Crippen MR) is 40.3 cm³/mol. The fourth-order valence-electron chi connectivity index (χ4n) is 0.761. The third-order valence-electron chi connectivity index (χ3n) is 1.21. The predicted octanol–water partition coefficient (Wildman–Crippen LogP) is 1.73. The van der Waals surface area contributed by atoms with Crippen molar-refractivity contribution >= 4 is 11.3 Å². The molecule has 0 amide bonds. The van der Waals surface area contributed by atoms with E-state index in [2.05, 4.69) is 10.5 Å². The Morgan fingerprint density at radius 2 is 2.60 bits per heavy atom. The van der Waals surface area contributed by atoms with Crippen molar-refractivity contribution in [1.82, 2.24) is 9.78 Å². The van der Waals surface area contributed by atoms with Crippen molar-refractivity contribution in [3.8, 4) is 5.69 Å². The molecule has 0 N–H and O–H groups in total. The molecule has 0 atom stereocenters. The van der Waals surface area contributed by atoms with E-state index in [1.807, 2.05) is 23.7 Å². The lowest BCUT2D eigenvalue weighted by Gasteiger charge is -1.91. The van der Waals surface area contributed by atoms with Gasteiger partial charge in [-0.2, -0.15) is 5.10 Å². The third kappa shape index (κ3) is 0.844. The van der Waals surface area contributed by atoms with Gasteiger partial charge in [-0.25, -0.2) is 4.68 Å². The molecule has 2 rings (SSSR count). The minimum Gasteiger partial charge on any atom is -0.239 e. The zero-order valence-electron chi connectivity index (χ0n) is 5.19. The van der Waals surface area contributed by atoms with Gasteiger partial charge in [-0.05, 0) is 17.5 Å².